The number of halogens is 1. The molecule has 176 valence electrons. The lowest BCUT2D eigenvalue weighted by molar-refractivity contribution is 0.179. The number of pyridine rings is 1. The van der Waals surface area contributed by atoms with E-state index in [0.717, 1.165) is 48.3 Å². The van der Waals surface area contributed by atoms with E-state index >= 15 is 0 Å². The minimum Gasteiger partial charge on any atom is -0.358 e. The van der Waals surface area contributed by atoms with Crippen LogP contribution in [0.15, 0.2) is 54.9 Å². The topological polar surface area (TPSA) is 67.5 Å². The van der Waals surface area contributed by atoms with Crippen LogP contribution in [-0.2, 0) is 13.6 Å². The largest absolute Gasteiger partial charge is 0.358 e. The molecule has 3 aromatic rings. The highest BCUT2D eigenvalue weighted by Gasteiger charge is 2.31. The molecule has 1 saturated heterocycles. The molecular weight excluding hydrogens is 440 g/mol. The van der Waals surface area contributed by atoms with Gasteiger partial charge in [0.25, 0.3) is 0 Å². The van der Waals surface area contributed by atoms with Crippen LogP contribution >= 0.6 is 7.60 Å². The van der Waals surface area contributed by atoms with Gasteiger partial charge < -0.3 is 14.0 Å². The molecule has 0 amide bonds. The van der Waals surface area contributed by atoms with Gasteiger partial charge in [0, 0.05) is 29.6 Å². The zero-order chi connectivity index (χ0) is 23.3. The van der Waals surface area contributed by atoms with E-state index in [1.54, 1.807) is 24.5 Å². The summed E-state index contributed by atoms with van der Waals surface area (Å²) in [7, 11) is -3.09. The van der Waals surface area contributed by atoms with Gasteiger partial charge in [0.05, 0.1) is 18.9 Å². The van der Waals surface area contributed by atoms with Crippen LogP contribution < -0.4 is 0 Å². The summed E-state index contributed by atoms with van der Waals surface area (Å²) in [4.78, 5) is 9.94. The fourth-order valence-corrected chi connectivity index (χ4v) is 6.24. The van der Waals surface area contributed by atoms with Crippen molar-refractivity contribution < 1.29 is 18.0 Å². The van der Waals surface area contributed by atoms with E-state index < -0.39 is 7.60 Å². The molecule has 8 heteroatoms. The highest BCUT2D eigenvalue weighted by Crippen LogP contribution is 2.49. The Bertz CT molecular complexity index is 1070. The first-order valence-corrected chi connectivity index (χ1v) is 13.2. The molecule has 0 atom stereocenters. The van der Waals surface area contributed by atoms with Crippen molar-refractivity contribution in [3.05, 3.63) is 66.4 Å². The molecule has 0 unspecified atom stereocenters. The Kier molecular flexibility index (Phi) is 7.76. The smallest absolute Gasteiger partial charge is 0.344 e. The number of benzene rings is 1. The van der Waals surface area contributed by atoms with Crippen molar-refractivity contribution in [2.45, 2.75) is 32.6 Å². The lowest BCUT2D eigenvalue weighted by atomic mass is 9.93. The van der Waals surface area contributed by atoms with Gasteiger partial charge >= 0.3 is 7.60 Å². The van der Waals surface area contributed by atoms with Gasteiger partial charge in [0.1, 0.15) is 12.1 Å². The molecule has 0 radical (unpaired) electrons. The number of rotatable bonds is 9. The Morgan fingerprint density at radius 2 is 1.67 bits per heavy atom. The molecule has 0 saturated carbocycles. The number of hydrogen-bond acceptors (Lipinski definition) is 5. The molecule has 1 N–H and O–H groups in total. The Labute approximate surface area is 194 Å². The molecule has 1 fully saturated rings. The number of hydrogen-bond donors (Lipinski definition) is 1. The summed E-state index contributed by atoms with van der Waals surface area (Å²) in [6, 6.07) is 12.8. The first kappa shape index (κ1) is 23.8. The van der Waals surface area contributed by atoms with Crippen LogP contribution in [-0.4, -0.2) is 47.5 Å². The molecule has 1 aliphatic heterocycles. The Morgan fingerprint density at radius 1 is 1.03 bits per heavy atom. The van der Waals surface area contributed by atoms with Gasteiger partial charge in [-0.15, -0.1) is 0 Å². The molecule has 0 bridgehead atoms. The van der Waals surface area contributed by atoms with Crippen LogP contribution in [0, 0.1) is 5.82 Å². The van der Waals surface area contributed by atoms with Crippen molar-refractivity contribution in [2.75, 3.05) is 32.6 Å². The second-order valence-electron chi connectivity index (χ2n) is 8.24. The second-order valence-corrected chi connectivity index (χ2v) is 10.3. The van der Waals surface area contributed by atoms with Crippen LogP contribution in [0.4, 0.5) is 4.39 Å². The maximum atomic E-state index is 13.5. The Balaban J connectivity index is 1.53. The van der Waals surface area contributed by atoms with Gasteiger partial charge in [-0.1, -0.05) is 0 Å². The summed E-state index contributed by atoms with van der Waals surface area (Å²) in [6.45, 7) is 6.07. The highest BCUT2D eigenvalue weighted by atomic mass is 31.2. The van der Waals surface area contributed by atoms with Gasteiger partial charge in [-0.05, 0) is 93.4 Å². The number of H-pyrrole nitrogens is 1. The van der Waals surface area contributed by atoms with Gasteiger partial charge in [0.2, 0.25) is 0 Å². The van der Waals surface area contributed by atoms with Crippen molar-refractivity contribution in [3.8, 4) is 22.4 Å². The molecule has 3 heterocycles. The standard InChI is InChI=1S/C25H31FN3O3P/c1-3-31-33(30,32-4-2)18-29-15-11-20(12-16-29)24-17-23(19-9-13-27-14-10-19)25(28-24)21-5-7-22(26)8-6-21/h5-10,13-14,17,20,28H,3-4,11-12,15-16,18H2,1-2H3. The predicted molar refractivity (Wildman–Crippen MR) is 129 cm³/mol. The van der Waals surface area contributed by atoms with E-state index in [0.29, 0.717) is 25.4 Å². The molecule has 2 aromatic heterocycles. The molecule has 0 spiro atoms. The minimum absolute atomic E-state index is 0.250. The van der Waals surface area contributed by atoms with Crippen molar-refractivity contribution in [2.24, 2.45) is 0 Å². The van der Waals surface area contributed by atoms with Crippen molar-refractivity contribution >= 4 is 7.60 Å². The fourth-order valence-electron chi connectivity index (χ4n) is 4.44. The van der Waals surface area contributed by atoms with Crippen LogP contribution in [0.2, 0.25) is 0 Å². The summed E-state index contributed by atoms with van der Waals surface area (Å²) in [5.41, 5.74) is 5.24. The molecule has 33 heavy (non-hydrogen) atoms. The van der Waals surface area contributed by atoms with Gasteiger partial charge in [-0.2, -0.15) is 0 Å². The molecule has 1 aromatic carbocycles. The van der Waals surface area contributed by atoms with E-state index in [2.05, 4.69) is 20.9 Å². The molecule has 0 aliphatic carbocycles. The summed E-state index contributed by atoms with van der Waals surface area (Å²) in [5, 5.41) is 0. The first-order chi connectivity index (χ1) is 16.0. The lowest BCUT2D eigenvalue weighted by Gasteiger charge is -2.33. The Morgan fingerprint density at radius 3 is 2.27 bits per heavy atom. The van der Waals surface area contributed by atoms with Gasteiger partial charge in [-0.25, -0.2) is 4.39 Å². The zero-order valence-electron chi connectivity index (χ0n) is 19.2. The molecular formula is C25H31FN3O3P. The number of nitrogens with one attached hydrogen (secondary N) is 1. The monoisotopic (exact) mass is 471 g/mol. The van der Waals surface area contributed by atoms with E-state index in [1.165, 1.54) is 17.8 Å². The zero-order valence-corrected chi connectivity index (χ0v) is 20.1. The first-order valence-electron chi connectivity index (χ1n) is 11.5. The van der Waals surface area contributed by atoms with Crippen molar-refractivity contribution in [3.63, 3.8) is 0 Å². The third kappa shape index (κ3) is 5.79. The maximum absolute atomic E-state index is 13.5. The van der Waals surface area contributed by atoms with Crippen LogP contribution in [0.1, 0.15) is 38.3 Å². The molecule has 4 rings (SSSR count). The van der Waals surface area contributed by atoms with Gasteiger partial charge in [-0.3, -0.25) is 14.4 Å². The number of likely N-dealkylation sites (tertiary alicyclic amines) is 1. The van der Waals surface area contributed by atoms with E-state index in [9.17, 15) is 8.96 Å². The van der Waals surface area contributed by atoms with E-state index in [1.807, 2.05) is 26.0 Å². The quantitative estimate of drug-likeness (QED) is 0.372. The summed E-state index contributed by atoms with van der Waals surface area (Å²) in [6.07, 6.45) is 5.78. The third-order valence-electron chi connectivity index (χ3n) is 6.01. The average molecular weight is 472 g/mol. The van der Waals surface area contributed by atoms with Gasteiger partial charge in [0.15, 0.2) is 0 Å². The third-order valence-corrected chi connectivity index (χ3v) is 8.06. The van der Waals surface area contributed by atoms with Crippen LogP contribution in [0.5, 0.6) is 0 Å². The van der Waals surface area contributed by atoms with Crippen molar-refractivity contribution in [1.82, 2.24) is 14.9 Å². The average Bonchev–Trinajstić information content (AvgIpc) is 3.26. The number of piperidine rings is 1. The summed E-state index contributed by atoms with van der Waals surface area (Å²) < 4.78 is 37.3. The lowest BCUT2D eigenvalue weighted by Crippen LogP contribution is -2.34. The number of aromatic nitrogens is 2. The van der Waals surface area contributed by atoms with Crippen molar-refractivity contribution in [1.29, 1.82) is 0 Å². The molecule has 1 aliphatic rings. The van der Waals surface area contributed by atoms with E-state index in [-0.39, 0.29) is 5.82 Å². The van der Waals surface area contributed by atoms with E-state index in [4.69, 9.17) is 9.05 Å². The maximum Gasteiger partial charge on any atom is 0.344 e. The normalized spacial score (nSPS) is 15.7. The minimum atomic E-state index is -3.09. The highest BCUT2D eigenvalue weighted by molar-refractivity contribution is 7.53. The Hall–Kier alpha value is -2.31. The fraction of sp³-hybridized carbons (Fsp3) is 0.400. The second kappa shape index (κ2) is 10.7. The summed E-state index contributed by atoms with van der Waals surface area (Å²) >= 11 is 0. The SMILES string of the molecule is CCOP(=O)(CN1CCC(c2cc(-c3ccncc3)c(-c3ccc(F)cc3)[nH]2)CC1)OCC. The predicted octanol–water partition coefficient (Wildman–Crippen LogP) is 6.29. The number of nitrogens with zero attached hydrogens (tertiary/aromatic N) is 2. The van der Waals surface area contributed by atoms with Crippen LogP contribution in [0.25, 0.3) is 22.4 Å². The molecule has 6 nitrogen and oxygen atoms in total. The number of aromatic amines is 1. The van der Waals surface area contributed by atoms with Crippen LogP contribution in [0.3, 0.4) is 0 Å². The summed E-state index contributed by atoms with van der Waals surface area (Å²) in [5.74, 6) is 0.106.